The molecule has 0 amide bonds. The third-order valence-corrected chi connectivity index (χ3v) is 0. The Balaban J connectivity index is 0. The first-order valence-electron chi connectivity index (χ1n) is 0. The first-order valence-corrected chi connectivity index (χ1v) is 0. The summed E-state index contributed by atoms with van der Waals surface area (Å²) in [6.07, 6.45) is 0. The predicted octanol–water partition coefficient (Wildman–Crippen LogP) is -7.42. The number of hydrogen-bond donors (Lipinski definition) is 0. The molecule has 0 aliphatic carbocycles. The average molecular weight is 306 g/mol. The van der Waals surface area contributed by atoms with Crippen molar-refractivity contribution in [3.8, 4) is 0 Å². The molecule has 2 nitrogen and oxygen atoms in total. The minimum Gasteiger partial charge on any atom is -1.00 e. The van der Waals surface area contributed by atoms with Crippen molar-refractivity contribution in [2.75, 3.05) is 0 Å². The van der Waals surface area contributed by atoms with Gasteiger partial charge in [-0.1, -0.05) is 0 Å². The van der Waals surface area contributed by atoms with E-state index in [1.54, 1.807) is 0 Å². The Morgan fingerprint density at radius 3 is 0.800 bits per heavy atom. The van der Waals surface area contributed by atoms with Gasteiger partial charge in [0.2, 0.25) is 0 Å². The molecule has 0 spiro atoms. The van der Waals surface area contributed by atoms with Gasteiger partial charge in [-0.05, 0) is 0 Å². The second-order valence-electron chi connectivity index (χ2n) is 0. The second-order valence-corrected chi connectivity index (χ2v) is 0. The molecule has 0 aliphatic heterocycles. The van der Waals surface area contributed by atoms with Crippen molar-refractivity contribution in [2.45, 2.75) is 0 Å². The van der Waals surface area contributed by atoms with E-state index in [2.05, 4.69) is 0 Å². The van der Waals surface area contributed by atoms with E-state index in [-0.39, 0.29) is 136 Å². The van der Waals surface area contributed by atoms with Gasteiger partial charge in [0.15, 0.2) is 0 Å². The van der Waals surface area contributed by atoms with Crippen LogP contribution in [0, 0.1) is 0 Å². The van der Waals surface area contributed by atoms with E-state index in [4.69, 9.17) is 0 Å². The molecule has 0 unspecified atom stereocenters. The molecule has 0 aromatic carbocycles. The molecule has 0 aliphatic rings. The summed E-state index contributed by atoms with van der Waals surface area (Å²) >= 11 is 0. The summed E-state index contributed by atoms with van der Waals surface area (Å²) in [6.45, 7) is 0. The summed E-state index contributed by atoms with van der Waals surface area (Å²) in [6, 6.07) is 0. The van der Waals surface area contributed by atoms with Gasteiger partial charge in [0.25, 0.3) is 0 Å². The SMILES string of the molecule is O.O.[H-].[H-].[K+].[K+].[Os]. The molecule has 4 N–H and O–H groups in total. The van der Waals surface area contributed by atoms with Gasteiger partial charge < -0.3 is 13.8 Å². The standard InChI is InChI=1S/2K.2H2O.Os.2H/h;;2*1H2;;;/q2*+1;;;;2*-1. The Bertz CT molecular complexity index is 13.7. The zero-order chi connectivity index (χ0) is 0. The van der Waals surface area contributed by atoms with Gasteiger partial charge in [-0.15, -0.1) is 0 Å². The van der Waals surface area contributed by atoms with Crippen LogP contribution in [0.4, 0.5) is 0 Å². The molecule has 0 saturated carbocycles. The van der Waals surface area contributed by atoms with E-state index in [1.807, 2.05) is 0 Å². The Hall–Kier alpha value is 3.83. The average Bonchev–Trinajstić information content (AvgIpc) is 0. The summed E-state index contributed by atoms with van der Waals surface area (Å²) in [4.78, 5) is 0. The Morgan fingerprint density at radius 2 is 0.800 bits per heavy atom. The first-order chi connectivity index (χ1) is 0. The monoisotopic (exact) mass is 308 g/mol. The van der Waals surface area contributed by atoms with Crippen LogP contribution in [0.25, 0.3) is 0 Å². The van der Waals surface area contributed by atoms with Gasteiger partial charge in [-0.25, -0.2) is 0 Å². The van der Waals surface area contributed by atoms with E-state index in [9.17, 15) is 0 Å². The van der Waals surface area contributed by atoms with E-state index < -0.39 is 0 Å². The largest absolute Gasteiger partial charge is 1.00 e. The summed E-state index contributed by atoms with van der Waals surface area (Å²) < 4.78 is 0. The van der Waals surface area contributed by atoms with Crippen LogP contribution in [0.1, 0.15) is 2.85 Å². The van der Waals surface area contributed by atoms with E-state index in [0.29, 0.717) is 0 Å². The van der Waals surface area contributed by atoms with Crippen molar-refractivity contribution in [2.24, 2.45) is 0 Å². The van der Waals surface area contributed by atoms with Crippen molar-refractivity contribution in [1.82, 2.24) is 0 Å². The molecule has 0 atom stereocenters. The molecule has 0 bridgehead atoms. The summed E-state index contributed by atoms with van der Waals surface area (Å²) in [5, 5.41) is 0. The molecular weight excluding hydrogens is 300 g/mol. The summed E-state index contributed by atoms with van der Waals surface area (Å²) in [7, 11) is 0. The molecule has 0 heterocycles. The fraction of sp³-hybridized carbons (Fsp3) is 0. The van der Waals surface area contributed by atoms with E-state index >= 15 is 0 Å². The maximum atomic E-state index is 0. The predicted molar refractivity (Wildman–Crippen MR) is 9.45 cm³/mol. The fourth-order valence-electron chi connectivity index (χ4n) is 0. The van der Waals surface area contributed by atoms with Crippen molar-refractivity contribution in [3.05, 3.63) is 0 Å². The molecule has 0 aromatic heterocycles. The zero-order valence-electron chi connectivity index (χ0n) is 5.35. The van der Waals surface area contributed by atoms with Gasteiger partial charge >= 0.3 is 103 Å². The van der Waals surface area contributed by atoms with Crippen LogP contribution in [0.3, 0.4) is 0 Å². The fourth-order valence-corrected chi connectivity index (χ4v) is 0. The minimum absolute atomic E-state index is 0. The van der Waals surface area contributed by atoms with Gasteiger partial charge in [-0.2, -0.15) is 0 Å². The van der Waals surface area contributed by atoms with Crippen LogP contribution in [0.2, 0.25) is 0 Å². The molecule has 0 saturated heterocycles. The summed E-state index contributed by atoms with van der Waals surface area (Å²) in [5.74, 6) is 0. The molecule has 0 radical (unpaired) electrons. The van der Waals surface area contributed by atoms with Gasteiger partial charge in [0.1, 0.15) is 0 Å². The van der Waals surface area contributed by atoms with Crippen molar-refractivity contribution in [1.29, 1.82) is 0 Å². The topological polar surface area (TPSA) is 63.0 Å². The first kappa shape index (κ1) is 36.9. The zero-order valence-corrected chi connectivity index (χ0v) is 12.1. The molecule has 0 rings (SSSR count). The molecular formula is H6K2O2Os. The van der Waals surface area contributed by atoms with Crippen molar-refractivity contribution < 1.29 is 136 Å². The van der Waals surface area contributed by atoms with Crippen LogP contribution in [-0.4, -0.2) is 11.0 Å². The van der Waals surface area contributed by atoms with Gasteiger partial charge in [0.05, 0.1) is 0 Å². The number of hydrogen-bond acceptors (Lipinski definition) is 0. The van der Waals surface area contributed by atoms with Crippen LogP contribution in [0.15, 0.2) is 0 Å². The van der Waals surface area contributed by atoms with Crippen LogP contribution < -0.4 is 103 Å². The molecule has 28 valence electrons. The number of rotatable bonds is 0. The molecule has 0 fully saturated rings. The maximum absolute atomic E-state index is 0. The van der Waals surface area contributed by atoms with Crippen LogP contribution >= 0.6 is 0 Å². The maximum Gasteiger partial charge on any atom is 1.00 e. The Morgan fingerprint density at radius 1 is 0.800 bits per heavy atom. The third kappa shape index (κ3) is 18.1. The Labute approximate surface area is 132 Å². The van der Waals surface area contributed by atoms with E-state index in [1.165, 1.54) is 0 Å². The van der Waals surface area contributed by atoms with Crippen molar-refractivity contribution >= 4 is 0 Å². The quantitative estimate of drug-likeness (QED) is 0.399. The molecule has 0 aromatic rings. The normalized spacial score (nSPS) is 0. The smallest absolute Gasteiger partial charge is 1.00 e. The third-order valence-electron chi connectivity index (χ3n) is 0. The van der Waals surface area contributed by atoms with Crippen LogP contribution in [-0.2, 0) is 19.8 Å². The van der Waals surface area contributed by atoms with Crippen LogP contribution in [0.5, 0.6) is 0 Å². The molecule has 5 heavy (non-hydrogen) atoms. The molecule has 5 heteroatoms. The van der Waals surface area contributed by atoms with E-state index in [0.717, 1.165) is 0 Å². The Kier molecular flexibility index (Phi) is 184. The van der Waals surface area contributed by atoms with Crippen molar-refractivity contribution in [3.63, 3.8) is 0 Å². The second kappa shape index (κ2) is 24.9. The summed E-state index contributed by atoms with van der Waals surface area (Å²) in [5.41, 5.74) is 0. The van der Waals surface area contributed by atoms with Gasteiger partial charge in [0, 0.05) is 19.8 Å². The minimum atomic E-state index is 0. The van der Waals surface area contributed by atoms with Gasteiger partial charge in [-0.3, -0.25) is 0 Å².